The number of quaternary nitrogens is 4. The number of piperazine rings is 6. The van der Waals surface area contributed by atoms with Gasteiger partial charge in [0.15, 0.2) is 0 Å². The monoisotopic (exact) mass is 2060 g/mol. The van der Waals surface area contributed by atoms with E-state index in [0.717, 1.165) is 53.7 Å². The molecule has 5 aromatic carbocycles. The number of hydrogen-bond acceptors (Lipinski definition) is 25. The van der Waals surface area contributed by atoms with Crippen LogP contribution in [0.1, 0.15) is 259 Å². The van der Waals surface area contributed by atoms with Crippen molar-refractivity contribution in [2.75, 3.05) is 118 Å². The molecule has 6 heterocycles. The van der Waals surface area contributed by atoms with E-state index in [4.69, 9.17) is 18.4 Å². The van der Waals surface area contributed by atoms with Crippen molar-refractivity contribution in [2.45, 2.75) is 339 Å². The molecule has 2 saturated carbocycles. The Morgan fingerprint density at radius 2 is 0.561 bits per heavy atom. The third-order valence-corrected chi connectivity index (χ3v) is 32.8. The van der Waals surface area contributed by atoms with Crippen LogP contribution in [0.4, 0.5) is 0 Å². The van der Waals surface area contributed by atoms with E-state index in [0.29, 0.717) is 13.0 Å². The van der Waals surface area contributed by atoms with Gasteiger partial charge in [0.2, 0.25) is 0 Å². The molecule has 13 rings (SSSR count). The molecule has 0 amide bonds. The Labute approximate surface area is 858 Å². The largest absolute Gasteiger partial charge is 1.00 e. The fraction of sp³-hybridized carbons (Fsp3) is 0.692. The van der Waals surface area contributed by atoms with Crippen molar-refractivity contribution in [3.8, 4) is 0 Å². The van der Waals surface area contributed by atoms with Crippen LogP contribution in [-0.2, 0) is 78.6 Å². The van der Waals surface area contributed by atoms with Crippen molar-refractivity contribution in [1.29, 1.82) is 0 Å². The first-order chi connectivity index (χ1) is 64.3. The molecule has 10 unspecified atom stereocenters. The smallest absolute Gasteiger partial charge is 0.744 e. The summed E-state index contributed by atoms with van der Waals surface area (Å²) >= 11 is 0. The molecule has 4 bridgehead atoms. The minimum Gasteiger partial charge on any atom is -0.744 e. The fourth-order valence-electron chi connectivity index (χ4n) is 19.6. The number of aliphatic hydroxyl groups excluding tert-OH is 4. The number of nitrogens with zero attached hydrogens (tertiary/aromatic N) is 4. The van der Waals surface area contributed by atoms with Crippen LogP contribution in [0.5, 0.6) is 0 Å². The first kappa shape index (κ1) is 128. The van der Waals surface area contributed by atoms with Gasteiger partial charge in [-0.05, 0) is 179 Å². The second-order valence-electron chi connectivity index (χ2n) is 40.4. The Morgan fingerprint density at radius 1 is 0.338 bits per heavy atom. The zero-order valence-corrected chi connectivity index (χ0v) is 91.6. The molecule has 2 aliphatic carbocycles. The quantitative estimate of drug-likeness (QED) is 0.00702. The Balaban J connectivity index is 0.000000449. The molecule has 5 aromatic rings. The van der Waals surface area contributed by atoms with Crippen LogP contribution in [0.3, 0.4) is 0 Å². The molecule has 0 spiro atoms. The van der Waals surface area contributed by atoms with Gasteiger partial charge in [0.1, 0.15) is 131 Å². The zero-order chi connectivity index (χ0) is 102. The van der Waals surface area contributed by atoms with E-state index in [1.54, 1.807) is 60.7 Å². The Bertz CT molecular complexity index is 4580. The predicted octanol–water partition coefficient (Wildman–Crippen LogP) is 11.8. The summed E-state index contributed by atoms with van der Waals surface area (Å²) in [5, 5.41) is 52.8. The van der Waals surface area contributed by atoms with Crippen LogP contribution < -0.4 is 34.7 Å². The number of carboxylic acid groups (broad SMARTS) is 1. The Kier molecular flexibility index (Phi) is 57.6. The van der Waals surface area contributed by atoms with Gasteiger partial charge >= 0.3 is 35.5 Å². The number of aryl methyl sites for hydroxylation is 5. The number of aliphatic hydroxyl groups is 4. The van der Waals surface area contributed by atoms with Gasteiger partial charge in [-0.3, -0.25) is 8.98 Å². The van der Waals surface area contributed by atoms with Gasteiger partial charge in [0.25, 0.3) is 10.1 Å². The van der Waals surface area contributed by atoms with Crippen LogP contribution >= 0.6 is 0 Å². The maximum absolute atomic E-state index is 13.2. The number of carbonyl (C=O) groups is 2. The van der Waals surface area contributed by atoms with E-state index in [-0.39, 0.29) is 110 Å². The maximum atomic E-state index is 13.2. The minimum atomic E-state index is -4.27. The van der Waals surface area contributed by atoms with Gasteiger partial charge < -0.3 is 80.7 Å². The molecule has 4 N–H and O–H groups in total. The zero-order valence-electron chi connectivity index (χ0n) is 85.5. The molecule has 0 aromatic heterocycles. The van der Waals surface area contributed by atoms with Crippen molar-refractivity contribution in [2.24, 2.45) is 35.5 Å². The molecule has 8 fully saturated rings. The van der Waals surface area contributed by atoms with Crippen LogP contribution in [0.2, 0.25) is 0 Å². The van der Waals surface area contributed by atoms with Gasteiger partial charge in [0, 0.05) is 30.6 Å². The number of carbonyl (C=O) groups excluding carboxylic acids is 2. The van der Waals surface area contributed by atoms with E-state index in [2.05, 4.69) is 13.8 Å². The average molecular weight is 2060 g/mol. The number of aliphatic carboxylic acids is 1. The van der Waals surface area contributed by atoms with E-state index in [1.807, 2.05) is 102 Å². The molecular weight excluding hydrogens is 1890 g/mol. The average Bonchev–Trinajstić information content (AvgIpc) is 0.765. The summed E-state index contributed by atoms with van der Waals surface area (Å²) in [5.74, 6) is -3.46. The number of rotatable bonds is 44. The van der Waals surface area contributed by atoms with Gasteiger partial charge in [0.05, 0.1) is 106 Å². The van der Waals surface area contributed by atoms with Gasteiger partial charge in [-0.15, -0.1) is 0 Å². The summed E-state index contributed by atoms with van der Waals surface area (Å²) in [5.41, 5.74) is 4.76. The van der Waals surface area contributed by atoms with Crippen LogP contribution in [-0.4, -0.2) is 277 Å². The summed E-state index contributed by atoms with van der Waals surface area (Å²) in [7, 11) is -20.7. The SMILES string of the molecule is C.CC(C)OC1CC(C(=O)[O-])C(C(C)C)C(O)C1O.CCCCCCCCCCCC[N+]12CC[N+](CCCOC(=O)C3CC(OC(C)C)C(O)C(O)C3C(C)C)(CC1)CC2.CCCCCCCCCCCC[N+]12CC[N+](CCCOS(=O)(=O)c3ccc(C)cc3)(CC1)CC2.Cc1ccc(S(=O)(=O)[O-])cc1.Cc1ccc(S(=O)(=O)[O-])cc1.Cc1ccc(S(=O)(=O)[O-])cc1.Cc1ccc(S(=O)(=O)[O-])cc1.[Na+]. The molecule has 29 nitrogen and oxygen atoms in total. The standard InChI is InChI=1S/C34H66N2O5.C28H50N2O3S.C13H24O5.4C7H8O3S.CH4.Na/c1-6-7-8-9-10-11-12-13-14-15-17-35-19-22-36(23-20-35,24-21-35)18-16-25-40-34(39)29-26-30(41-28(4)5)32(37)33(38)31(29)27(2)3;1-3-4-5-6-7-8-9-10-11-12-18-29-20-23-30(24-21-29,25-22-29)19-13-26-33-34(31,32)28-16-14-27(2)15-17-28;1-6(2)10-8(13(16)17)5-9(18-7(3)4)11(14)12(10)15;4*1-6-2-4-7(5-3-6)11(8,9)10;;/h27-33,37-38H,6-26H2,1-5H3;14-17H,3-13,18-26H2,1-2H3;6-12,14-15H,5H2,1-4H3,(H,16,17);4*2-5H,1H3,(H,8,9,10);1H4;/q2*+2;;;;;;;+1/p-5. The summed E-state index contributed by atoms with van der Waals surface area (Å²) in [6.45, 7) is 49.9. The molecule has 788 valence electrons. The minimum absolute atomic E-state index is 0. The first-order valence-electron chi connectivity index (χ1n) is 50.1. The number of ether oxygens (including phenoxy) is 3. The number of unbranched alkanes of at least 4 members (excludes halogenated alkanes) is 18. The third kappa shape index (κ3) is 45.6. The van der Waals surface area contributed by atoms with Crippen molar-refractivity contribution < 1.29 is 161 Å². The van der Waals surface area contributed by atoms with E-state index in [9.17, 15) is 95.4 Å². The number of benzene rings is 5. The summed E-state index contributed by atoms with van der Waals surface area (Å²) in [6, 6.07) is 30.0. The summed E-state index contributed by atoms with van der Waals surface area (Å²) in [6.07, 6.45) is 25.0. The van der Waals surface area contributed by atoms with Crippen molar-refractivity contribution in [1.82, 2.24) is 0 Å². The van der Waals surface area contributed by atoms with E-state index in [1.165, 1.54) is 287 Å². The molecule has 6 saturated heterocycles. The predicted molar refractivity (Wildman–Crippen MR) is 532 cm³/mol. The van der Waals surface area contributed by atoms with Crippen LogP contribution in [0.15, 0.2) is 146 Å². The van der Waals surface area contributed by atoms with Crippen molar-refractivity contribution in [3.63, 3.8) is 0 Å². The Hall–Kier alpha value is -4.81. The number of hydrogen-bond donors (Lipinski definition) is 4. The van der Waals surface area contributed by atoms with Gasteiger partial charge in [-0.25, -0.2) is 33.7 Å². The maximum Gasteiger partial charge on any atom is 1.00 e. The number of fused-ring (bicyclic) bond motifs is 6. The van der Waals surface area contributed by atoms with Crippen LogP contribution in [0.25, 0.3) is 0 Å². The number of carboxylic acids is 1. The second-order valence-corrected chi connectivity index (χ2v) is 47.5. The van der Waals surface area contributed by atoms with Crippen molar-refractivity contribution >= 4 is 62.5 Å². The Morgan fingerprint density at radius 3 is 0.799 bits per heavy atom. The molecule has 139 heavy (non-hydrogen) atoms. The van der Waals surface area contributed by atoms with E-state index < -0.39 is 111 Å². The molecule has 8 aliphatic rings. The summed E-state index contributed by atoms with van der Waals surface area (Å²) in [4.78, 5) is 23.9. The van der Waals surface area contributed by atoms with Gasteiger partial charge in [-0.1, -0.05) is 240 Å². The third-order valence-electron chi connectivity index (χ3n) is 28.0. The molecular formula is C104H171N4NaO25S5. The molecule has 6 aliphatic heterocycles. The summed E-state index contributed by atoms with van der Waals surface area (Å²) < 4.78 is 177. The fourth-order valence-corrected chi connectivity index (χ4v) is 22.4. The molecule has 0 radical (unpaired) electrons. The van der Waals surface area contributed by atoms with Gasteiger partial charge in [-0.2, -0.15) is 8.42 Å². The van der Waals surface area contributed by atoms with Crippen LogP contribution in [0, 0.1) is 70.1 Å². The first-order valence-corrected chi connectivity index (χ1v) is 57.2. The van der Waals surface area contributed by atoms with Crippen molar-refractivity contribution in [3.05, 3.63) is 149 Å². The van der Waals surface area contributed by atoms with E-state index >= 15 is 0 Å². The molecule has 10 atom stereocenters. The second kappa shape index (κ2) is 62.4. The molecule has 35 heteroatoms. The normalized spacial score (nSPS) is 24.3. The topological polar surface area (TPSA) is 438 Å². The number of esters is 1.